The predicted octanol–water partition coefficient (Wildman–Crippen LogP) is 13.5. The van der Waals surface area contributed by atoms with Gasteiger partial charge in [0.15, 0.2) is 11.5 Å². The minimum atomic E-state index is -0.517. The van der Waals surface area contributed by atoms with Gasteiger partial charge in [-0.2, -0.15) is 0 Å². The quantitative estimate of drug-likeness (QED) is 0.136. The highest BCUT2D eigenvalue weighted by atomic mass is 19.1. The second-order valence-electron chi connectivity index (χ2n) is 13.8. The zero-order valence-corrected chi connectivity index (χ0v) is 28.0. The van der Waals surface area contributed by atoms with E-state index in [1.54, 1.807) is 6.07 Å². The average Bonchev–Trinajstić information content (AvgIpc) is 3.17. The summed E-state index contributed by atoms with van der Waals surface area (Å²) in [6.07, 6.45) is 0. The molecule has 0 atom stereocenters. The van der Waals surface area contributed by atoms with E-state index in [2.05, 4.69) is 126 Å². The van der Waals surface area contributed by atoms with Crippen LogP contribution in [-0.2, 0) is 5.41 Å². The van der Waals surface area contributed by atoms with Crippen LogP contribution in [0.5, 0.6) is 11.5 Å². The first-order chi connectivity index (χ1) is 24.9. The molecule has 0 saturated heterocycles. The van der Waals surface area contributed by atoms with Crippen LogP contribution in [0, 0.1) is 12.4 Å². The van der Waals surface area contributed by atoms with E-state index >= 15 is 4.39 Å². The van der Waals surface area contributed by atoms with Gasteiger partial charge in [-0.25, -0.2) is 9.24 Å². The molecule has 0 aliphatic carbocycles. The number of para-hydroxylation sites is 6. The monoisotopic (exact) mass is 659 g/mol. The van der Waals surface area contributed by atoms with E-state index in [-0.39, 0.29) is 11.1 Å². The van der Waals surface area contributed by atoms with E-state index in [0.717, 1.165) is 77.9 Å². The third-order valence-corrected chi connectivity index (χ3v) is 10.7. The van der Waals surface area contributed by atoms with Crippen molar-refractivity contribution in [2.45, 2.75) is 19.3 Å². The number of anilines is 6. The number of hydrogen-bond donors (Lipinski definition) is 0. The molecule has 0 bridgehead atoms. The van der Waals surface area contributed by atoms with Gasteiger partial charge in [-0.15, -0.1) is 0 Å². The van der Waals surface area contributed by atoms with Crippen molar-refractivity contribution in [1.82, 2.24) is 0 Å². The van der Waals surface area contributed by atoms with Gasteiger partial charge in [-0.1, -0.05) is 86.6 Å². The Bertz CT molecular complexity index is 2720. The van der Waals surface area contributed by atoms with Gasteiger partial charge < -0.3 is 14.5 Å². The van der Waals surface area contributed by atoms with E-state index in [1.807, 2.05) is 36.4 Å². The van der Waals surface area contributed by atoms with Gasteiger partial charge in [0.25, 0.3) is 0 Å². The van der Waals surface area contributed by atoms with Gasteiger partial charge in [-0.05, 0) is 116 Å². The summed E-state index contributed by atoms with van der Waals surface area (Å²) < 4.78 is 21.8. The van der Waals surface area contributed by atoms with E-state index in [4.69, 9.17) is 11.3 Å². The average molecular weight is 660 g/mol. The van der Waals surface area contributed by atoms with Crippen molar-refractivity contribution in [1.29, 1.82) is 0 Å². The molecule has 0 spiro atoms. The Balaban J connectivity index is 1.26. The van der Waals surface area contributed by atoms with Gasteiger partial charge in [0.05, 0.1) is 29.3 Å². The Morgan fingerprint density at radius 3 is 1.49 bits per heavy atom. The van der Waals surface area contributed by atoms with Crippen molar-refractivity contribution in [2.24, 2.45) is 0 Å². The molecule has 5 heteroatoms. The number of benzene rings is 8. The number of halogens is 1. The fourth-order valence-corrected chi connectivity index (χ4v) is 8.28. The fraction of sp³-hybridized carbons (Fsp3) is 0.0652. The molecule has 0 fully saturated rings. The minimum Gasteiger partial charge on any atom is -0.453 e. The second kappa shape index (κ2) is 10.7. The van der Waals surface area contributed by atoms with Crippen LogP contribution in [0.15, 0.2) is 146 Å². The van der Waals surface area contributed by atoms with Gasteiger partial charge in [0, 0.05) is 16.8 Å². The molecule has 0 N–H and O–H groups in total. The lowest BCUT2D eigenvalue weighted by molar-refractivity contribution is 0.477. The number of rotatable bonds is 2. The SMILES string of the molecule is [C-]#[N+]c1cc2c3ccc(N4c5ccccc5Oc5ccccc54)cc3c3ccc(N4c5ccccc5C(C)(C)c5ccccc54)cc3c2cc1F. The summed E-state index contributed by atoms with van der Waals surface area (Å²) in [5.41, 5.74) is 8.43. The zero-order chi connectivity index (χ0) is 34.4. The molecule has 0 unspecified atom stereocenters. The highest BCUT2D eigenvalue weighted by Gasteiger charge is 2.36. The first-order valence-electron chi connectivity index (χ1n) is 17.1. The third-order valence-electron chi connectivity index (χ3n) is 10.7. The summed E-state index contributed by atoms with van der Waals surface area (Å²) >= 11 is 0. The first kappa shape index (κ1) is 29.3. The molecule has 4 nitrogen and oxygen atoms in total. The maximum absolute atomic E-state index is 15.5. The van der Waals surface area contributed by atoms with Crippen LogP contribution in [0.2, 0.25) is 0 Å². The van der Waals surface area contributed by atoms with E-state index in [0.29, 0.717) is 0 Å². The lowest BCUT2D eigenvalue weighted by Crippen LogP contribution is -2.30. The van der Waals surface area contributed by atoms with Crippen LogP contribution >= 0.6 is 0 Å². The number of hydrogen-bond acceptors (Lipinski definition) is 3. The molecule has 10 rings (SSSR count). The van der Waals surface area contributed by atoms with Crippen molar-refractivity contribution in [2.75, 3.05) is 9.80 Å². The van der Waals surface area contributed by atoms with Crippen molar-refractivity contribution in [3.05, 3.63) is 174 Å². The van der Waals surface area contributed by atoms with Crippen molar-refractivity contribution >= 4 is 72.1 Å². The van der Waals surface area contributed by atoms with E-state index < -0.39 is 5.82 Å². The second-order valence-corrected chi connectivity index (χ2v) is 13.8. The van der Waals surface area contributed by atoms with Crippen LogP contribution in [0.4, 0.5) is 44.2 Å². The number of ether oxygens (including phenoxy) is 1. The topological polar surface area (TPSA) is 20.1 Å². The lowest BCUT2D eigenvalue weighted by Gasteiger charge is -2.42. The largest absolute Gasteiger partial charge is 0.453 e. The first-order valence-corrected chi connectivity index (χ1v) is 17.1. The van der Waals surface area contributed by atoms with Crippen LogP contribution in [0.25, 0.3) is 37.2 Å². The standard InChI is InChI=1S/C46H30FN3O/c1-46(2)36-12-4-6-14-40(36)49(41-15-7-5-13-37(41)46)28-20-22-30-32-24-29(50-42-16-8-10-18-44(42)51-45-19-11-9-17-43(45)50)21-23-31(32)35-27-39(48-3)38(47)26-34(35)33(30)25-28/h4-27H,1-2H3. The van der Waals surface area contributed by atoms with Crippen LogP contribution in [0.3, 0.4) is 0 Å². The normalized spacial score (nSPS) is 14.0. The summed E-state index contributed by atoms with van der Waals surface area (Å²) in [6, 6.07) is 49.5. The Morgan fingerprint density at radius 2 is 0.941 bits per heavy atom. The predicted molar refractivity (Wildman–Crippen MR) is 207 cm³/mol. The minimum absolute atomic E-state index is 0.0144. The van der Waals surface area contributed by atoms with Crippen LogP contribution < -0.4 is 14.5 Å². The van der Waals surface area contributed by atoms with Gasteiger partial charge in [-0.3, -0.25) is 0 Å². The molecular weight excluding hydrogens is 630 g/mol. The summed E-state index contributed by atoms with van der Waals surface area (Å²) in [7, 11) is 0. The summed E-state index contributed by atoms with van der Waals surface area (Å²) in [6.45, 7) is 12.3. The van der Waals surface area contributed by atoms with Gasteiger partial charge in [0.2, 0.25) is 5.69 Å². The molecule has 0 amide bonds. The molecular formula is C46H30FN3O. The molecule has 2 aliphatic rings. The lowest BCUT2D eigenvalue weighted by atomic mass is 9.73. The van der Waals surface area contributed by atoms with Crippen molar-refractivity contribution in [3.8, 4) is 11.5 Å². The van der Waals surface area contributed by atoms with Crippen LogP contribution in [-0.4, -0.2) is 0 Å². The van der Waals surface area contributed by atoms with Crippen molar-refractivity contribution in [3.63, 3.8) is 0 Å². The fourth-order valence-electron chi connectivity index (χ4n) is 8.28. The molecule has 2 aliphatic heterocycles. The molecule has 8 aromatic rings. The third kappa shape index (κ3) is 4.17. The highest BCUT2D eigenvalue weighted by Crippen LogP contribution is 2.54. The van der Waals surface area contributed by atoms with Crippen molar-refractivity contribution < 1.29 is 9.13 Å². The Hall–Kier alpha value is -6.64. The smallest absolute Gasteiger partial charge is 0.222 e. The Labute approximate surface area is 295 Å². The molecule has 51 heavy (non-hydrogen) atoms. The molecule has 8 aromatic carbocycles. The molecule has 0 saturated carbocycles. The number of fused-ring (bicyclic) bond motifs is 10. The van der Waals surface area contributed by atoms with E-state index in [1.165, 1.54) is 17.2 Å². The molecule has 242 valence electrons. The zero-order valence-electron chi connectivity index (χ0n) is 28.0. The van der Waals surface area contributed by atoms with Gasteiger partial charge in [0.1, 0.15) is 5.82 Å². The van der Waals surface area contributed by atoms with Crippen LogP contribution in [0.1, 0.15) is 25.0 Å². The Kier molecular flexibility index (Phi) is 6.13. The summed E-state index contributed by atoms with van der Waals surface area (Å²) in [5, 5.41) is 5.53. The number of nitrogens with zero attached hydrogens (tertiary/aromatic N) is 3. The molecule has 0 aromatic heterocycles. The highest BCUT2D eigenvalue weighted by molar-refractivity contribution is 6.27. The summed E-state index contributed by atoms with van der Waals surface area (Å²) in [5.74, 6) is 1.05. The van der Waals surface area contributed by atoms with Gasteiger partial charge >= 0.3 is 0 Å². The maximum atomic E-state index is 15.5. The molecule has 2 heterocycles. The summed E-state index contributed by atoms with van der Waals surface area (Å²) in [4.78, 5) is 8.11. The van der Waals surface area contributed by atoms with E-state index in [9.17, 15) is 0 Å². The Morgan fingerprint density at radius 1 is 0.510 bits per heavy atom. The maximum Gasteiger partial charge on any atom is 0.222 e. The molecule has 0 radical (unpaired) electrons.